The van der Waals surface area contributed by atoms with Crippen LogP contribution in [-0.4, -0.2) is 17.9 Å². The lowest BCUT2D eigenvalue weighted by atomic mass is 10.1. The van der Waals surface area contributed by atoms with Gasteiger partial charge in [-0.05, 0) is 42.2 Å². The molecule has 1 aliphatic rings. The number of amides is 1. The Labute approximate surface area is 134 Å². The number of aryl methyl sites for hydroxylation is 1. The van der Waals surface area contributed by atoms with Crippen LogP contribution in [0.3, 0.4) is 0 Å². The van der Waals surface area contributed by atoms with E-state index in [1.54, 1.807) is 23.1 Å². The Kier molecular flexibility index (Phi) is 3.92. The molecule has 0 spiro atoms. The van der Waals surface area contributed by atoms with Crippen LogP contribution in [0.2, 0.25) is 10.0 Å². The van der Waals surface area contributed by atoms with Crippen molar-refractivity contribution < 1.29 is 4.79 Å². The van der Waals surface area contributed by atoms with Crippen molar-refractivity contribution in [2.75, 3.05) is 7.05 Å². The molecule has 3 rings (SSSR count). The molecule has 1 atom stereocenters. The molecule has 21 heavy (non-hydrogen) atoms. The highest BCUT2D eigenvalue weighted by molar-refractivity contribution is 6.35. The Morgan fingerprint density at radius 1 is 1.14 bits per heavy atom. The second-order valence-electron chi connectivity index (χ2n) is 5.33. The zero-order valence-electron chi connectivity index (χ0n) is 11.6. The summed E-state index contributed by atoms with van der Waals surface area (Å²) < 4.78 is 0. The highest BCUT2D eigenvalue weighted by Crippen LogP contribution is 2.35. The van der Waals surface area contributed by atoms with Gasteiger partial charge in [-0.3, -0.25) is 4.79 Å². The Morgan fingerprint density at radius 3 is 2.52 bits per heavy atom. The first-order chi connectivity index (χ1) is 10.1. The number of fused-ring (bicyclic) bond motifs is 1. The Balaban J connectivity index is 1.89. The fourth-order valence-electron chi connectivity index (χ4n) is 2.96. The third-order valence-corrected chi connectivity index (χ3v) is 4.44. The Bertz CT molecular complexity index is 679. The zero-order chi connectivity index (χ0) is 15.0. The van der Waals surface area contributed by atoms with Crippen molar-refractivity contribution >= 4 is 29.1 Å². The summed E-state index contributed by atoms with van der Waals surface area (Å²) in [6.45, 7) is 0. The zero-order valence-corrected chi connectivity index (χ0v) is 13.2. The largest absolute Gasteiger partial charge is 0.335 e. The normalized spacial score (nSPS) is 16.6. The fraction of sp³-hybridized carbons (Fsp3) is 0.235. The maximum atomic E-state index is 12.7. The van der Waals surface area contributed by atoms with Gasteiger partial charge in [0.15, 0.2) is 0 Å². The van der Waals surface area contributed by atoms with Gasteiger partial charge in [0, 0.05) is 22.7 Å². The molecule has 0 aliphatic heterocycles. The molecule has 2 aromatic rings. The summed E-state index contributed by atoms with van der Waals surface area (Å²) in [4.78, 5) is 14.4. The van der Waals surface area contributed by atoms with Crippen molar-refractivity contribution in [1.82, 2.24) is 4.90 Å². The van der Waals surface area contributed by atoms with Gasteiger partial charge >= 0.3 is 0 Å². The molecule has 1 amide bonds. The average molecular weight is 320 g/mol. The smallest absolute Gasteiger partial charge is 0.254 e. The molecule has 2 aromatic carbocycles. The first-order valence-corrected chi connectivity index (χ1v) is 7.63. The van der Waals surface area contributed by atoms with Gasteiger partial charge in [0.05, 0.1) is 6.04 Å². The number of carbonyl (C=O) groups excluding carboxylic acids is 1. The molecule has 0 saturated carbocycles. The van der Waals surface area contributed by atoms with Crippen molar-refractivity contribution in [2.24, 2.45) is 0 Å². The van der Waals surface area contributed by atoms with Crippen LogP contribution < -0.4 is 0 Å². The molecule has 0 bridgehead atoms. The van der Waals surface area contributed by atoms with Gasteiger partial charge in [0.25, 0.3) is 5.91 Å². The molecule has 1 aliphatic carbocycles. The SMILES string of the molecule is CN(C(=O)c1cc(Cl)cc(Cl)c1)C1CCc2ccccc21. The van der Waals surface area contributed by atoms with E-state index in [2.05, 4.69) is 12.1 Å². The van der Waals surface area contributed by atoms with E-state index in [0.717, 1.165) is 12.8 Å². The van der Waals surface area contributed by atoms with Gasteiger partial charge in [-0.25, -0.2) is 0 Å². The van der Waals surface area contributed by atoms with E-state index >= 15 is 0 Å². The Hall–Kier alpha value is -1.51. The highest BCUT2D eigenvalue weighted by Gasteiger charge is 2.28. The summed E-state index contributed by atoms with van der Waals surface area (Å²) in [7, 11) is 1.84. The summed E-state index contributed by atoms with van der Waals surface area (Å²) in [5.74, 6) is -0.0545. The molecule has 0 N–H and O–H groups in total. The maximum Gasteiger partial charge on any atom is 0.254 e. The highest BCUT2D eigenvalue weighted by atomic mass is 35.5. The lowest BCUT2D eigenvalue weighted by Crippen LogP contribution is -2.30. The van der Waals surface area contributed by atoms with Crippen LogP contribution in [0.4, 0.5) is 0 Å². The number of halogens is 2. The average Bonchev–Trinajstić information content (AvgIpc) is 2.88. The maximum absolute atomic E-state index is 12.7. The molecular formula is C17H15Cl2NO. The molecule has 4 heteroatoms. The molecule has 2 nitrogen and oxygen atoms in total. The first-order valence-electron chi connectivity index (χ1n) is 6.87. The van der Waals surface area contributed by atoms with E-state index in [0.29, 0.717) is 15.6 Å². The van der Waals surface area contributed by atoms with Gasteiger partial charge in [-0.15, -0.1) is 0 Å². The number of rotatable bonds is 2. The van der Waals surface area contributed by atoms with Gasteiger partial charge in [0.1, 0.15) is 0 Å². The number of hydrogen-bond donors (Lipinski definition) is 0. The first kappa shape index (κ1) is 14.4. The monoisotopic (exact) mass is 319 g/mol. The number of hydrogen-bond acceptors (Lipinski definition) is 1. The molecule has 1 unspecified atom stereocenters. The summed E-state index contributed by atoms with van der Waals surface area (Å²) >= 11 is 12.0. The molecule has 108 valence electrons. The predicted octanol–water partition coefficient (Wildman–Crippen LogP) is 4.75. The van der Waals surface area contributed by atoms with E-state index in [9.17, 15) is 4.79 Å². The van der Waals surface area contributed by atoms with Crippen LogP contribution in [0.1, 0.15) is 33.9 Å². The molecular weight excluding hydrogens is 305 g/mol. The van der Waals surface area contributed by atoms with Gasteiger partial charge < -0.3 is 4.90 Å². The van der Waals surface area contributed by atoms with Crippen molar-refractivity contribution in [2.45, 2.75) is 18.9 Å². The third-order valence-electron chi connectivity index (χ3n) is 4.00. The second kappa shape index (κ2) is 5.70. The minimum atomic E-state index is -0.0545. The predicted molar refractivity (Wildman–Crippen MR) is 86.1 cm³/mol. The van der Waals surface area contributed by atoms with Crippen LogP contribution >= 0.6 is 23.2 Å². The molecule has 0 heterocycles. The van der Waals surface area contributed by atoms with E-state index in [-0.39, 0.29) is 11.9 Å². The van der Waals surface area contributed by atoms with E-state index in [1.807, 2.05) is 19.2 Å². The van der Waals surface area contributed by atoms with Gasteiger partial charge in [-0.2, -0.15) is 0 Å². The molecule has 0 radical (unpaired) electrons. The van der Waals surface area contributed by atoms with Gasteiger partial charge in [0.2, 0.25) is 0 Å². The van der Waals surface area contributed by atoms with E-state index in [4.69, 9.17) is 23.2 Å². The minimum absolute atomic E-state index is 0.0545. The number of nitrogens with zero attached hydrogens (tertiary/aromatic N) is 1. The van der Waals surface area contributed by atoms with Crippen LogP contribution in [0.25, 0.3) is 0 Å². The van der Waals surface area contributed by atoms with Crippen LogP contribution in [0, 0.1) is 0 Å². The standard InChI is InChI=1S/C17H15Cl2NO/c1-20(16-7-6-11-4-2-3-5-15(11)16)17(21)12-8-13(18)10-14(19)9-12/h2-5,8-10,16H,6-7H2,1H3. The lowest BCUT2D eigenvalue weighted by molar-refractivity contribution is 0.0730. The van der Waals surface area contributed by atoms with Crippen LogP contribution in [0.5, 0.6) is 0 Å². The summed E-state index contributed by atoms with van der Waals surface area (Å²) in [5.41, 5.74) is 3.09. The van der Waals surface area contributed by atoms with E-state index in [1.165, 1.54) is 11.1 Å². The van der Waals surface area contributed by atoms with Crippen LogP contribution in [-0.2, 0) is 6.42 Å². The summed E-state index contributed by atoms with van der Waals surface area (Å²) in [6.07, 6.45) is 1.96. The topological polar surface area (TPSA) is 20.3 Å². The van der Waals surface area contributed by atoms with Crippen molar-refractivity contribution in [3.63, 3.8) is 0 Å². The lowest BCUT2D eigenvalue weighted by Gasteiger charge is -2.25. The molecule has 0 saturated heterocycles. The van der Waals surface area contributed by atoms with E-state index < -0.39 is 0 Å². The minimum Gasteiger partial charge on any atom is -0.335 e. The van der Waals surface area contributed by atoms with Crippen molar-refractivity contribution in [3.8, 4) is 0 Å². The Morgan fingerprint density at radius 2 is 1.81 bits per heavy atom. The van der Waals surface area contributed by atoms with Crippen molar-refractivity contribution in [3.05, 3.63) is 69.2 Å². The third kappa shape index (κ3) is 2.78. The molecule has 0 fully saturated rings. The summed E-state index contributed by atoms with van der Waals surface area (Å²) in [5, 5.41) is 0.956. The quantitative estimate of drug-likeness (QED) is 0.782. The molecule has 0 aromatic heterocycles. The fourth-order valence-corrected chi connectivity index (χ4v) is 3.49. The number of benzene rings is 2. The number of carbonyl (C=O) groups is 1. The second-order valence-corrected chi connectivity index (χ2v) is 6.20. The summed E-state index contributed by atoms with van der Waals surface area (Å²) in [6, 6.07) is 13.4. The van der Waals surface area contributed by atoms with Crippen molar-refractivity contribution in [1.29, 1.82) is 0 Å². The van der Waals surface area contributed by atoms with Crippen LogP contribution in [0.15, 0.2) is 42.5 Å². The van der Waals surface area contributed by atoms with Gasteiger partial charge in [-0.1, -0.05) is 47.5 Å².